The van der Waals surface area contributed by atoms with Crippen LogP contribution in [0.5, 0.6) is 5.75 Å². The molecule has 2 aromatic heterocycles. The summed E-state index contributed by atoms with van der Waals surface area (Å²) in [5.74, 6) is -0.702. The third-order valence-corrected chi connectivity index (χ3v) is 6.47. The molecule has 4 rings (SSSR count). The SMILES string of the molecule is COc1cn(-c2ccc(F)cc2)nc1C(=O)Nc1nnc(SCC(=O)Nc2ccc(C)cc2)s1. The van der Waals surface area contributed by atoms with Crippen molar-refractivity contribution in [2.45, 2.75) is 11.3 Å². The summed E-state index contributed by atoms with van der Waals surface area (Å²) in [7, 11) is 1.42. The van der Waals surface area contributed by atoms with E-state index in [1.807, 2.05) is 31.2 Å². The predicted molar refractivity (Wildman–Crippen MR) is 128 cm³/mol. The molecule has 0 bridgehead atoms. The summed E-state index contributed by atoms with van der Waals surface area (Å²) in [6, 6.07) is 13.2. The van der Waals surface area contributed by atoms with E-state index in [0.717, 1.165) is 22.6 Å². The fourth-order valence-corrected chi connectivity index (χ4v) is 4.37. The van der Waals surface area contributed by atoms with Gasteiger partial charge in [0.25, 0.3) is 5.91 Å². The highest BCUT2D eigenvalue weighted by molar-refractivity contribution is 8.01. The summed E-state index contributed by atoms with van der Waals surface area (Å²) in [6.07, 6.45) is 1.52. The summed E-state index contributed by atoms with van der Waals surface area (Å²) < 4.78 is 20.4. The Morgan fingerprint density at radius 3 is 2.53 bits per heavy atom. The van der Waals surface area contributed by atoms with Crippen molar-refractivity contribution < 1.29 is 18.7 Å². The molecule has 0 aliphatic heterocycles. The normalized spacial score (nSPS) is 10.7. The van der Waals surface area contributed by atoms with Gasteiger partial charge in [0.15, 0.2) is 15.8 Å². The van der Waals surface area contributed by atoms with Crippen LogP contribution in [0, 0.1) is 12.7 Å². The minimum atomic E-state index is -0.539. The molecular weight excluding hydrogens is 479 g/mol. The van der Waals surface area contributed by atoms with E-state index in [1.165, 1.54) is 54.0 Å². The molecular formula is C22H19FN6O3S2. The predicted octanol–water partition coefficient (Wildman–Crippen LogP) is 4.16. The first-order valence-corrected chi connectivity index (χ1v) is 11.8. The van der Waals surface area contributed by atoms with E-state index < -0.39 is 5.91 Å². The maximum absolute atomic E-state index is 13.2. The Morgan fingerprint density at radius 2 is 1.82 bits per heavy atom. The maximum atomic E-state index is 13.2. The van der Waals surface area contributed by atoms with Gasteiger partial charge in [-0.3, -0.25) is 14.9 Å². The summed E-state index contributed by atoms with van der Waals surface area (Å²) in [5.41, 5.74) is 2.43. The number of aryl methyl sites for hydroxylation is 1. The molecule has 4 aromatic rings. The fourth-order valence-electron chi connectivity index (χ4n) is 2.83. The zero-order valence-corrected chi connectivity index (χ0v) is 19.7. The van der Waals surface area contributed by atoms with Gasteiger partial charge in [0.2, 0.25) is 11.0 Å². The molecule has 9 nitrogen and oxygen atoms in total. The van der Waals surface area contributed by atoms with E-state index in [0.29, 0.717) is 10.0 Å². The first-order valence-electron chi connectivity index (χ1n) is 9.95. The van der Waals surface area contributed by atoms with Crippen molar-refractivity contribution >= 4 is 45.7 Å². The second-order valence-corrected chi connectivity index (χ2v) is 9.20. The van der Waals surface area contributed by atoms with Crippen LogP contribution in [-0.4, -0.2) is 44.7 Å². The second-order valence-electron chi connectivity index (χ2n) is 7.00. The van der Waals surface area contributed by atoms with Gasteiger partial charge in [0.1, 0.15) is 5.82 Å². The Balaban J connectivity index is 1.36. The van der Waals surface area contributed by atoms with Crippen LogP contribution in [0.25, 0.3) is 5.69 Å². The van der Waals surface area contributed by atoms with Crippen molar-refractivity contribution in [3.8, 4) is 11.4 Å². The molecule has 0 atom stereocenters. The van der Waals surface area contributed by atoms with Crippen LogP contribution in [0.4, 0.5) is 15.2 Å². The monoisotopic (exact) mass is 498 g/mol. The number of anilines is 2. The minimum Gasteiger partial charge on any atom is -0.493 e. The van der Waals surface area contributed by atoms with Crippen LogP contribution in [0.3, 0.4) is 0 Å². The number of benzene rings is 2. The third-order valence-electron chi connectivity index (χ3n) is 4.50. The average molecular weight is 499 g/mol. The number of aromatic nitrogens is 4. The van der Waals surface area contributed by atoms with Crippen LogP contribution in [0.1, 0.15) is 16.1 Å². The number of ether oxygens (including phenoxy) is 1. The molecule has 0 saturated heterocycles. The van der Waals surface area contributed by atoms with Crippen LogP contribution < -0.4 is 15.4 Å². The number of thioether (sulfide) groups is 1. The second kappa shape index (κ2) is 10.4. The van der Waals surface area contributed by atoms with Crippen LogP contribution in [-0.2, 0) is 4.79 Å². The third kappa shape index (κ3) is 5.77. The number of rotatable bonds is 8. The van der Waals surface area contributed by atoms with Crippen LogP contribution >= 0.6 is 23.1 Å². The zero-order valence-electron chi connectivity index (χ0n) is 18.1. The number of nitrogens with one attached hydrogen (secondary N) is 2. The average Bonchev–Trinajstić information content (AvgIpc) is 3.47. The van der Waals surface area contributed by atoms with Crippen LogP contribution in [0.2, 0.25) is 0 Å². The Hall–Kier alpha value is -3.77. The van der Waals surface area contributed by atoms with Crippen molar-refractivity contribution in [1.29, 1.82) is 0 Å². The summed E-state index contributed by atoms with van der Waals surface area (Å²) in [4.78, 5) is 24.9. The Morgan fingerprint density at radius 1 is 1.09 bits per heavy atom. The standard InChI is InChI=1S/C22H19FN6O3S2/c1-13-3-7-15(8-4-13)24-18(30)12-33-22-27-26-21(34-22)25-20(31)19-17(32-2)11-29(28-19)16-9-5-14(23)6-10-16/h3-11H,12H2,1-2H3,(H,24,30)(H,25,26,31). The molecule has 34 heavy (non-hydrogen) atoms. The van der Waals surface area contributed by atoms with Gasteiger partial charge in [-0.1, -0.05) is 40.8 Å². The Labute approximate surface area is 202 Å². The lowest BCUT2D eigenvalue weighted by atomic mass is 10.2. The molecule has 2 heterocycles. The lowest BCUT2D eigenvalue weighted by molar-refractivity contribution is -0.113. The van der Waals surface area contributed by atoms with E-state index in [-0.39, 0.29) is 34.1 Å². The van der Waals surface area contributed by atoms with Crippen molar-refractivity contribution in [1.82, 2.24) is 20.0 Å². The minimum absolute atomic E-state index is 0.0358. The van der Waals surface area contributed by atoms with Gasteiger partial charge >= 0.3 is 0 Å². The molecule has 2 amide bonds. The Bertz CT molecular complexity index is 1310. The highest BCUT2D eigenvalue weighted by Gasteiger charge is 2.20. The highest BCUT2D eigenvalue weighted by atomic mass is 32.2. The van der Waals surface area contributed by atoms with Crippen molar-refractivity contribution in [2.75, 3.05) is 23.5 Å². The number of amides is 2. The van der Waals surface area contributed by atoms with E-state index in [2.05, 4.69) is 25.9 Å². The van der Waals surface area contributed by atoms with Gasteiger partial charge in [-0.15, -0.1) is 10.2 Å². The number of carbonyl (C=O) groups excluding carboxylic acids is 2. The molecule has 2 N–H and O–H groups in total. The van der Waals surface area contributed by atoms with E-state index in [9.17, 15) is 14.0 Å². The topological polar surface area (TPSA) is 111 Å². The summed E-state index contributed by atoms with van der Waals surface area (Å²) in [5, 5.41) is 17.9. The summed E-state index contributed by atoms with van der Waals surface area (Å²) >= 11 is 2.35. The number of halogens is 1. The molecule has 12 heteroatoms. The van der Waals surface area contributed by atoms with Gasteiger partial charge in [0.05, 0.1) is 24.7 Å². The van der Waals surface area contributed by atoms with Gasteiger partial charge in [0, 0.05) is 5.69 Å². The van der Waals surface area contributed by atoms with Gasteiger partial charge < -0.3 is 10.1 Å². The zero-order chi connectivity index (χ0) is 24.1. The van der Waals surface area contributed by atoms with E-state index >= 15 is 0 Å². The number of carbonyl (C=O) groups is 2. The molecule has 0 saturated carbocycles. The lowest BCUT2D eigenvalue weighted by Crippen LogP contribution is -2.14. The number of hydrogen-bond donors (Lipinski definition) is 2. The van der Waals surface area contributed by atoms with Crippen molar-refractivity contribution in [3.63, 3.8) is 0 Å². The smallest absolute Gasteiger partial charge is 0.281 e. The van der Waals surface area contributed by atoms with Gasteiger partial charge in [-0.2, -0.15) is 5.10 Å². The molecule has 0 aliphatic rings. The highest BCUT2D eigenvalue weighted by Crippen LogP contribution is 2.27. The number of hydrogen-bond acceptors (Lipinski definition) is 8. The molecule has 0 unspecified atom stereocenters. The van der Waals surface area contributed by atoms with Crippen LogP contribution in [0.15, 0.2) is 59.1 Å². The van der Waals surface area contributed by atoms with Gasteiger partial charge in [-0.25, -0.2) is 9.07 Å². The fraction of sp³-hybridized carbons (Fsp3) is 0.136. The lowest BCUT2D eigenvalue weighted by Gasteiger charge is -2.04. The molecule has 0 spiro atoms. The Kier molecular flexibility index (Phi) is 7.18. The van der Waals surface area contributed by atoms with Crippen molar-refractivity contribution in [3.05, 3.63) is 71.8 Å². The first kappa shape index (κ1) is 23.4. The molecule has 174 valence electrons. The van der Waals surface area contributed by atoms with Crippen molar-refractivity contribution in [2.24, 2.45) is 0 Å². The molecule has 2 aromatic carbocycles. The summed E-state index contributed by atoms with van der Waals surface area (Å²) in [6.45, 7) is 1.97. The number of nitrogens with zero attached hydrogens (tertiary/aromatic N) is 4. The molecule has 0 radical (unpaired) electrons. The quantitative estimate of drug-likeness (QED) is 0.277. The molecule has 0 fully saturated rings. The first-order chi connectivity index (χ1) is 16.4. The van der Waals surface area contributed by atoms with Gasteiger partial charge in [-0.05, 0) is 43.3 Å². The number of methoxy groups -OCH3 is 1. The van der Waals surface area contributed by atoms with E-state index in [1.54, 1.807) is 0 Å². The molecule has 0 aliphatic carbocycles. The van der Waals surface area contributed by atoms with E-state index in [4.69, 9.17) is 4.74 Å². The maximum Gasteiger partial charge on any atom is 0.281 e. The largest absolute Gasteiger partial charge is 0.493 e.